The van der Waals surface area contributed by atoms with Gasteiger partial charge in [0.25, 0.3) is 0 Å². The zero-order chi connectivity index (χ0) is 16.3. The molecule has 0 bridgehead atoms. The van der Waals surface area contributed by atoms with Gasteiger partial charge in [-0.05, 0) is 12.3 Å². The number of hydrogen-bond donors (Lipinski definition) is 1. The van der Waals surface area contributed by atoms with E-state index in [1.165, 1.54) is 103 Å². The molecule has 0 rings (SSSR count). The van der Waals surface area contributed by atoms with Crippen LogP contribution in [0.1, 0.15) is 123 Å². The minimum absolute atomic E-state index is 0.374. The second kappa shape index (κ2) is 19.0. The summed E-state index contributed by atoms with van der Waals surface area (Å²) in [6.45, 7) is 4.96. The molecule has 0 saturated carbocycles. The van der Waals surface area contributed by atoms with Gasteiger partial charge in [0.05, 0.1) is 0 Å². The summed E-state index contributed by atoms with van der Waals surface area (Å²) in [7, 11) is 0. The lowest BCUT2D eigenvalue weighted by atomic mass is 9.90. The fourth-order valence-corrected chi connectivity index (χ4v) is 3.39. The molecule has 1 unspecified atom stereocenters. The van der Waals surface area contributed by atoms with Crippen molar-refractivity contribution in [1.82, 2.24) is 0 Å². The summed E-state index contributed by atoms with van der Waals surface area (Å²) in [6.07, 6.45) is 23.5. The summed E-state index contributed by atoms with van der Waals surface area (Å²) in [5.41, 5.74) is 0. The SMILES string of the molecule is CCCCCCCCCCCCC(CCCC)CCCCO. The van der Waals surface area contributed by atoms with Crippen molar-refractivity contribution in [2.45, 2.75) is 123 Å². The zero-order valence-corrected chi connectivity index (χ0v) is 15.8. The van der Waals surface area contributed by atoms with Crippen LogP contribution in [0.5, 0.6) is 0 Å². The van der Waals surface area contributed by atoms with Crippen molar-refractivity contribution in [1.29, 1.82) is 0 Å². The van der Waals surface area contributed by atoms with E-state index in [2.05, 4.69) is 13.8 Å². The predicted octanol–water partition coefficient (Wildman–Crippen LogP) is 7.27. The first-order chi connectivity index (χ1) is 10.8. The number of hydrogen-bond acceptors (Lipinski definition) is 1. The van der Waals surface area contributed by atoms with Crippen LogP contribution in [-0.4, -0.2) is 11.7 Å². The third kappa shape index (κ3) is 16.3. The molecule has 0 aromatic heterocycles. The van der Waals surface area contributed by atoms with Crippen molar-refractivity contribution in [2.24, 2.45) is 5.92 Å². The van der Waals surface area contributed by atoms with Gasteiger partial charge in [0.1, 0.15) is 0 Å². The van der Waals surface area contributed by atoms with E-state index in [1.807, 2.05) is 0 Å². The number of rotatable bonds is 18. The van der Waals surface area contributed by atoms with Gasteiger partial charge in [0.2, 0.25) is 0 Å². The molecule has 0 radical (unpaired) electrons. The van der Waals surface area contributed by atoms with Crippen LogP contribution in [0.15, 0.2) is 0 Å². The first kappa shape index (κ1) is 22.0. The number of unbranched alkanes of at least 4 members (excludes halogenated alkanes) is 11. The van der Waals surface area contributed by atoms with E-state index in [-0.39, 0.29) is 0 Å². The maximum Gasteiger partial charge on any atom is 0.0431 e. The fourth-order valence-electron chi connectivity index (χ4n) is 3.39. The molecular formula is C21H44O. The van der Waals surface area contributed by atoms with Crippen LogP contribution in [0.25, 0.3) is 0 Å². The van der Waals surface area contributed by atoms with Crippen LogP contribution < -0.4 is 0 Å². The van der Waals surface area contributed by atoms with Crippen LogP contribution in [0.2, 0.25) is 0 Å². The van der Waals surface area contributed by atoms with E-state index in [1.54, 1.807) is 0 Å². The Bertz CT molecular complexity index is 190. The van der Waals surface area contributed by atoms with Gasteiger partial charge >= 0.3 is 0 Å². The van der Waals surface area contributed by atoms with E-state index < -0.39 is 0 Å². The highest BCUT2D eigenvalue weighted by molar-refractivity contribution is 4.61. The van der Waals surface area contributed by atoms with Crippen LogP contribution in [-0.2, 0) is 0 Å². The van der Waals surface area contributed by atoms with E-state index in [0.29, 0.717) is 6.61 Å². The topological polar surface area (TPSA) is 20.2 Å². The molecule has 22 heavy (non-hydrogen) atoms. The maximum atomic E-state index is 8.92. The largest absolute Gasteiger partial charge is 0.396 e. The summed E-state index contributed by atoms with van der Waals surface area (Å²) in [4.78, 5) is 0. The summed E-state index contributed by atoms with van der Waals surface area (Å²) in [6, 6.07) is 0. The highest BCUT2D eigenvalue weighted by atomic mass is 16.2. The molecule has 0 spiro atoms. The second-order valence-electron chi connectivity index (χ2n) is 7.20. The third-order valence-electron chi connectivity index (χ3n) is 4.95. The van der Waals surface area contributed by atoms with Crippen molar-refractivity contribution < 1.29 is 5.11 Å². The highest BCUT2D eigenvalue weighted by Gasteiger charge is 2.07. The monoisotopic (exact) mass is 312 g/mol. The molecule has 1 atom stereocenters. The summed E-state index contributed by atoms with van der Waals surface area (Å²) in [5.74, 6) is 0.931. The van der Waals surface area contributed by atoms with E-state index in [9.17, 15) is 0 Å². The van der Waals surface area contributed by atoms with Crippen molar-refractivity contribution in [3.05, 3.63) is 0 Å². The van der Waals surface area contributed by atoms with Crippen LogP contribution in [0, 0.1) is 5.92 Å². The third-order valence-corrected chi connectivity index (χ3v) is 4.95. The minimum atomic E-state index is 0.374. The van der Waals surface area contributed by atoms with E-state index >= 15 is 0 Å². The van der Waals surface area contributed by atoms with Gasteiger partial charge in [-0.2, -0.15) is 0 Å². The molecule has 0 aliphatic heterocycles. The Morgan fingerprint density at radius 2 is 0.909 bits per heavy atom. The molecule has 0 heterocycles. The lowest BCUT2D eigenvalue weighted by Gasteiger charge is -2.16. The number of aliphatic hydroxyl groups is 1. The molecule has 0 amide bonds. The Hall–Kier alpha value is -0.0400. The first-order valence-electron chi connectivity index (χ1n) is 10.5. The van der Waals surface area contributed by atoms with Crippen molar-refractivity contribution in [2.75, 3.05) is 6.61 Å². The van der Waals surface area contributed by atoms with Gasteiger partial charge in [-0.1, -0.05) is 117 Å². The zero-order valence-electron chi connectivity index (χ0n) is 15.8. The first-order valence-corrected chi connectivity index (χ1v) is 10.5. The van der Waals surface area contributed by atoms with E-state index in [0.717, 1.165) is 12.3 Å². The Morgan fingerprint density at radius 3 is 1.41 bits per heavy atom. The molecule has 134 valence electrons. The lowest BCUT2D eigenvalue weighted by molar-refractivity contribution is 0.273. The van der Waals surface area contributed by atoms with Crippen LogP contribution in [0.4, 0.5) is 0 Å². The average Bonchev–Trinajstić information content (AvgIpc) is 2.53. The maximum absolute atomic E-state index is 8.92. The van der Waals surface area contributed by atoms with Crippen molar-refractivity contribution >= 4 is 0 Å². The second-order valence-corrected chi connectivity index (χ2v) is 7.20. The quantitative estimate of drug-likeness (QED) is 0.264. The predicted molar refractivity (Wildman–Crippen MR) is 100 cm³/mol. The normalized spacial score (nSPS) is 12.7. The molecule has 1 heteroatoms. The Morgan fingerprint density at radius 1 is 0.500 bits per heavy atom. The molecule has 0 saturated heterocycles. The van der Waals surface area contributed by atoms with Crippen LogP contribution >= 0.6 is 0 Å². The van der Waals surface area contributed by atoms with Crippen LogP contribution in [0.3, 0.4) is 0 Å². The van der Waals surface area contributed by atoms with Gasteiger partial charge in [-0.25, -0.2) is 0 Å². The summed E-state index contributed by atoms with van der Waals surface area (Å²) in [5, 5.41) is 8.92. The summed E-state index contributed by atoms with van der Waals surface area (Å²) >= 11 is 0. The lowest BCUT2D eigenvalue weighted by Crippen LogP contribution is -2.01. The Labute approximate surface area is 141 Å². The van der Waals surface area contributed by atoms with E-state index in [4.69, 9.17) is 5.11 Å². The molecule has 0 fully saturated rings. The van der Waals surface area contributed by atoms with Gasteiger partial charge in [-0.15, -0.1) is 0 Å². The van der Waals surface area contributed by atoms with Gasteiger partial charge < -0.3 is 5.11 Å². The van der Waals surface area contributed by atoms with Gasteiger partial charge in [0, 0.05) is 6.61 Å². The molecule has 1 nitrogen and oxygen atoms in total. The standard InChI is InChI=1S/C21H44O/c1-3-5-7-8-9-10-11-12-13-14-18-21(17-6-4-2)19-15-16-20-22/h21-22H,3-20H2,1-2H3. The molecule has 1 N–H and O–H groups in total. The minimum Gasteiger partial charge on any atom is -0.396 e. The van der Waals surface area contributed by atoms with Crippen molar-refractivity contribution in [3.8, 4) is 0 Å². The fraction of sp³-hybridized carbons (Fsp3) is 1.00. The van der Waals surface area contributed by atoms with Crippen molar-refractivity contribution in [3.63, 3.8) is 0 Å². The van der Waals surface area contributed by atoms with Gasteiger partial charge in [0.15, 0.2) is 0 Å². The smallest absolute Gasteiger partial charge is 0.0431 e. The molecule has 0 aliphatic rings. The molecular weight excluding hydrogens is 268 g/mol. The summed E-state index contributed by atoms with van der Waals surface area (Å²) < 4.78 is 0. The number of aliphatic hydroxyl groups excluding tert-OH is 1. The molecule has 0 aromatic carbocycles. The average molecular weight is 313 g/mol. The Kier molecular flexibility index (Phi) is 19.0. The molecule has 0 aromatic rings. The molecule has 0 aliphatic carbocycles. The highest BCUT2D eigenvalue weighted by Crippen LogP contribution is 2.23. The Balaban J connectivity index is 3.41. The van der Waals surface area contributed by atoms with Gasteiger partial charge in [-0.3, -0.25) is 0 Å².